The molecule has 1 fully saturated rings. The fourth-order valence-corrected chi connectivity index (χ4v) is 7.06. The van der Waals surface area contributed by atoms with Crippen molar-refractivity contribution in [1.29, 1.82) is 0 Å². The summed E-state index contributed by atoms with van der Waals surface area (Å²) in [5.74, 6) is 1.61. The molecule has 1 rings (SSSR count). The predicted molar refractivity (Wildman–Crippen MR) is 188 cm³/mol. The number of nitrogens with one attached hydrogen (secondary N) is 1. The van der Waals surface area contributed by atoms with E-state index in [-0.39, 0.29) is 23.7 Å². The van der Waals surface area contributed by atoms with Crippen molar-refractivity contribution >= 4 is 11.8 Å². The largest absolute Gasteiger partial charge is 0.296 e. The molecule has 1 aliphatic heterocycles. The van der Waals surface area contributed by atoms with Crippen LogP contribution in [-0.4, -0.2) is 11.8 Å². The smallest absolute Gasteiger partial charge is 0.230 e. The summed E-state index contributed by atoms with van der Waals surface area (Å²) in [5.41, 5.74) is 0. The summed E-state index contributed by atoms with van der Waals surface area (Å²) < 4.78 is 0. The molecule has 2 atom stereocenters. The van der Waals surface area contributed by atoms with Crippen LogP contribution in [0.5, 0.6) is 0 Å². The summed E-state index contributed by atoms with van der Waals surface area (Å²) in [5, 5.41) is 2.65. The Morgan fingerprint density at radius 1 is 0.372 bits per heavy atom. The SMILES string of the molecule is CC(C)CCCCCCCCCCCCCCCC1C(=O)NC(=O)C1CCCCCCCCCCCCCCCC(C)C. The number of amides is 2. The molecule has 0 aromatic heterocycles. The normalized spacial score (nSPS) is 17.1. The quantitative estimate of drug-likeness (QED) is 0.0614. The fourth-order valence-electron chi connectivity index (χ4n) is 7.06. The topological polar surface area (TPSA) is 46.2 Å². The van der Waals surface area contributed by atoms with E-state index >= 15 is 0 Å². The Labute approximate surface area is 270 Å². The van der Waals surface area contributed by atoms with Gasteiger partial charge in [0.1, 0.15) is 0 Å². The van der Waals surface area contributed by atoms with E-state index in [0.717, 1.165) is 37.5 Å². The fraction of sp³-hybridized carbons (Fsp3) is 0.950. The van der Waals surface area contributed by atoms with Crippen LogP contribution in [0.1, 0.15) is 220 Å². The van der Waals surface area contributed by atoms with Crippen LogP contribution in [0.4, 0.5) is 0 Å². The van der Waals surface area contributed by atoms with E-state index in [0.29, 0.717) is 0 Å². The molecule has 1 aliphatic rings. The Kier molecular flexibility index (Phi) is 26.7. The van der Waals surface area contributed by atoms with Gasteiger partial charge >= 0.3 is 0 Å². The van der Waals surface area contributed by atoms with Gasteiger partial charge in [-0.1, -0.05) is 207 Å². The second-order valence-corrected chi connectivity index (χ2v) is 15.2. The van der Waals surface area contributed by atoms with Gasteiger partial charge in [-0.2, -0.15) is 0 Å². The molecule has 1 N–H and O–H groups in total. The number of carbonyl (C=O) groups excluding carboxylic acids is 2. The second kappa shape index (κ2) is 28.6. The number of unbranched alkanes of at least 4 members (excludes halogenated alkanes) is 24. The van der Waals surface area contributed by atoms with Crippen LogP contribution in [0.25, 0.3) is 0 Å². The minimum Gasteiger partial charge on any atom is -0.296 e. The molecular formula is C40H77NO2. The van der Waals surface area contributed by atoms with E-state index in [1.807, 2.05) is 0 Å². The zero-order valence-electron chi connectivity index (χ0n) is 29.8. The maximum Gasteiger partial charge on any atom is 0.230 e. The molecule has 1 saturated heterocycles. The minimum atomic E-state index is -0.0620. The lowest BCUT2D eigenvalue weighted by Gasteiger charge is -2.15. The van der Waals surface area contributed by atoms with Crippen molar-refractivity contribution in [1.82, 2.24) is 5.32 Å². The Bertz CT molecular complexity index is 588. The summed E-state index contributed by atoms with van der Waals surface area (Å²) in [7, 11) is 0. The molecule has 3 heteroatoms. The zero-order chi connectivity index (χ0) is 31.4. The van der Waals surface area contributed by atoms with Crippen LogP contribution < -0.4 is 5.32 Å². The van der Waals surface area contributed by atoms with Crippen LogP contribution >= 0.6 is 0 Å². The average molecular weight is 604 g/mol. The van der Waals surface area contributed by atoms with Crippen molar-refractivity contribution in [2.24, 2.45) is 23.7 Å². The summed E-state index contributed by atoms with van der Waals surface area (Å²) >= 11 is 0. The monoisotopic (exact) mass is 604 g/mol. The second-order valence-electron chi connectivity index (χ2n) is 15.2. The first-order valence-corrected chi connectivity index (χ1v) is 19.8. The molecular weight excluding hydrogens is 526 g/mol. The number of hydrogen-bond donors (Lipinski definition) is 1. The lowest BCUT2D eigenvalue weighted by atomic mass is 9.86. The minimum absolute atomic E-state index is 0.00507. The Morgan fingerprint density at radius 3 is 0.814 bits per heavy atom. The van der Waals surface area contributed by atoms with E-state index in [2.05, 4.69) is 33.0 Å². The number of imide groups is 1. The molecule has 0 saturated carbocycles. The molecule has 0 aliphatic carbocycles. The van der Waals surface area contributed by atoms with Crippen molar-refractivity contribution in [3.8, 4) is 0 Å². The van der Waals surface area contributed by atoms with Gasteiger partial charge in [0.2, 0.25) is 11.8 Å². The van der Waals surface area contributed by atoms with Gasteiger partial charge in [0.05, 0.1) is 0 Å². The zero-order valence-corrected chi connectivity index (χ0v) is 29.8. The molecule has 0 bridgehead atoms. The molecule has 2 amide bonds. The van der Waals surface area contributed by atoms with Gasteiger partial charge in [-0.3, -0.25) is 14.9 Å². The van der Waals surface area contributed by atoms with E-state index < -0.39 is 0 Å². The maximum absolute atomic E-state index is 12.4. The third kappa shape index (κ3) is 24.1. The van der Waals surface area contributed by atoms with Gasteiger partial charge in [-0.15, -0.1) is 0 Å². The molecule has 2 unspecified atom stereocenters. The molecule has 0 spiro atoms. The third-order valence-electron chi connectivity index (χ3n) is 10.00. The number of carbonyl (C=O) groups is 2. The molecule has 0 aromatic carbocycles. The van der Waals surface area contributed by atoms with E-state index in [9.17, 15) is 9.59 Å². The van der Waals surface area contributed by atoms with Crippen molar-refractivity contribution in [3.63, 3.8) is 0 Å². The highest BCUT2D eigenvalue weighted by atomic mass is 16.2. The first-order chi connectivity index (χ1) is 20.9. The van der Waals surface area contributed by atoms with Crippen LogP contribution in [0, 0.1) is 23.7 Å². The number of hydrogen-bond acceptors (Lipinski definition) is 2. The first kappa shape index (κ1) is 40.2. The van der Waals surface area contributed by atoms with Gasteiger partial charge in [0.25, 0.3) is 0 Å². The highest BCUT2D eigenvalue weighted by Crippen LogP contribution is 2.30. The summed E-state index contributed by atoms with van der Waals surface area (Å²) in [4.78, 5) is 24.9. The van der Waals surface area contributed by atoms with Gasteiger partial charge < -0.3 is 0 Å². The van der Waals surface area contributed by atoms with Crippen LogP contribution in [0.3, 0.4) is 0 Å². The summed E-state index contributed by atoms with van der Waals surface area (Å²) in [6.45, 7) is 9.31. The van der Waals surface area contributed by atoms with Crippen molar-refractivity contribution < 1.29 is 9.59 Å². The third-order valence-corrected chi connectivity index (χ3v) is 10.00. The summed E-state index contributed by atoms with van der Waals surface area (Å²) in [6, 6.07) is 0. The summed E-state index contributed by atoms with van der Waals surface area (Å²) in [6.07, 6.45) is 39.7. The van der Waals surface area contributed by atoms with Gasteiger partial charge in [0.15, 0.2) is 0 Å². The van der Waals surface area contributed by atoms with Crippen LogP contribution in [0.15, 0.2) is 0 Å². The van der Waals surface area contributed by atoms with Crippen LogP contribution in [0.2, 0.25) is 0 Å². The standard InChI is InChI=1S/C40H77NO2/c1-35(2)31-27-23-19-15-11-7-5-9-13-17-21-25-29-33-37-38(40(43)41-39(37)42)34-30-26-22-18-14-10-6-8-12-16-20-24-28-32-36(3)4/h35-38H,5-34H2,1-4H3,(H,41,42,43). The molecule has 254 valence electrons. The van der Waals surface area contributed by atoms with Gasteiger partial charge in [-0.25, -0.2) is 0 Å². The lowest BCUT2D eigenvalue weighted by Crippen LogP contribution is -2.22. The highest BCUT2D eigenvalue weighted by molar-refractivity contribution is 6.04. The molecule has 3 nitrogen and oxygen atoms in total. The molecule has 43 heavy (non-hydrogen) atoms. The highest BCUT2D eigenvalue weighted by Gasteiger charge is 2.40. The maximum atomic E-state index is 12.4. The van der Waals surface area contributed by atoms with E-state index in [1.165, 1.54) is 167 Å². The Morgan fingerprint density at radius 2 is 0.581 bits per heavy atom. The average Bonchev–Trinajstić information content (AvgIpc) is 3.23. The van der Waals surface area contributed by atoms with Crippen LogP contribution in [-0.2, 0) is 9.59 Å². The van der Waals surface area contributed by atoms with Gasteiger partial charge in [0, 0.05) is 11.8 Å². The molecule has 0 radical (unpaired) electrons. The Hall–Kier alpha value is -0.860. The lowest BCUT2D eigenvalue weighted by molar-refractivity contribution is -0.126. The van der Waals surface area contributed by atoms with Crippen molar-refractivity contribution in [2.75, 3.05) is 0 Å². The van der Waals surface area contributed by atoms with Crippen molar-refractivity contribution in [2.45, 2.75) is 220 Å². The van der Waals surface area contributed by atoms with E-state index in [4.69, 9.17) is 0 Å². The van der Waals surface area contributed by atoms with Crippen molar-refractivity contribution in [3.05, 3.63) is 0 Å². The first-order valence-electron chi connectivity index (χ1n) is 19.8. The van der Waals surface area contributed by atoms with Gasteiger partial charge in [-0.05, 0) is 24.7 Å². The van der Waals surface area contributed by atoms with E-state index in [1.54, 1.807) is 0 Å². The molecule has 0 aromatic rings. The number of rotatable bonds is 32. The Balaban J connectivity index is 1.92. The molecule has 1 heterocycles. The predicted octanol–water partition coefficient (Wildman–Crippen LogP) is 12.9.